The molecular formula is C11H20N3O8P. The molecule has 0 bridgehead atoms. The molecule has 1 aliphatic heterocycles. The van der Waals surface area contributed by atoms with Gasteiger partial charge in [-0.2, -0.15) is 0 Å². The standard InChI is InChI=1S/C11H20N3O8P/c1-4(16)14-8-5(11(12)13)2-7(23(19,20)21)22-10(8)9(18)6(17)3-15/h2,5-6,8-10,15,17-18H,3H2,1H3,(H3,12,13)(H,14,16)(H2,19,20,21)/t5-,6+,8+,9+,10+/m0/s1. The Morgan fingerprint density at radius 3 is 2.48 bits per heavy atom. The zero-order chi connectivity index (χ0) is 17.9. The molecule has 23 heavy (non-hydrogen) atoms. The van der Waals surface area contributed by atoms with Crippen molar-refractivity contribution in [3.05, 3.63) is 11.6 Å². The first-order valence-electron chi connectivity index (χ1n) is 6.51. The normalized spacial score (nSPS) is 27.4. The molecule has 12 heteroatoms. The third-order valence-electron chi connectivity index (χ3n) is 3.25. The number of hydrogen-bond acceptors (Lipinski definition) is 7. The zero-order valence-electron chi connectivity index (χ0n) is 12.2. The highest BCUT2D eigenvalue weighted by molar-refractivity contribution is 7.56. The average Bonchev–Trinajstić information content (AvgIpc) is 2.43. The van der Waals surface area contributed by atoms with E-state index in [4.69, 9.17) is 21.0 Å². The highest BCUT2D eigenvalue weighted by Crippen LogP contribution is 2.49. The van der Waals surface area contributed by atoms with Gasteiger partial charge in [-0.25, -0.2) is 0 Å². The number of nitrogens with one attached hydrogen (secondary N) is 2. The van der Waals surface area contributed by atoms with E-state index in [2.05, 4.69) is 5.32 Å². The molecule has 0 aromatic rings. The minimum Gasteiger partial charge on any atom is -0.478 e. The van der Waals surface area contributed by atoms with Crippen molar-refractivity contribution in [2.45, 2.75) is 31.3 Å². The van der Waals surface area contributed by atoms with Crippen LogP contribution >= 0.6 is 7.60 Å². The summed E-state index contributed by atoms with van der Waals surface area (Å²) in [6.07, 6.45) is -4.14. The van der Waals surface area contributed by atoms with Gasteiger partial charge in [-0.3, -0.25) is 14.8 Å². The minimum absolute atomic E-state index is 0.534. The van der Waals surface area contributed by atoms with Crippen LogP contribution < -0.4 is 11.1 Å². The van der Waals surface area contributed by atoms with E-state index in [0.717, 1.165) is 13.0 Å². The largest absolute Gasteiger partial charge is 0.478 e. The highest BCUT2D eigenvalue weighted by Gasteiger charge is 2.46. The summed E-state index contributed by atoms with van der Waals surface area (Å²) >= 11 is 0. The second-order valence-corrected chi connectivity index (χ2v) is 6.61. The number of aliphatic hydroxyl groups is 3. The van der Waals surface area contributed by atoms with Crippen LogP contribution in [-0.2, 0) is 14.1 Å². The Morgan fingerprint density at radius 1 is 1.52 bits per heavy atom. The van der Waals surface area contributed by atoms with E-state index in [1.54, 1.807) is 0 Å². The summed E-state index contributed by atoms with van der Waals surface area (Å²) in [5.41, 5.74) is 4.56. The lowest BCUT2D eigenvalue weighted by Crippen LogP contribution is -2.59. The van der Waals surface area contributed by atoms with Gasteiger partial charge in [0.1, 0.15) is 18.3 Å². The van der Waals surface area contributed by atoms with Crippen molar-refractivity contribution in [1.29, 1.82) is 5.41 Å². The fourth-order valence-electron chi connectivity index (χ4n) is 2.18. The molecule has 0 saturated carbocycles. The topological polar surface area (TPSA) is 206 Å². The number of aliphatic hydroxyl groups excluding tert-OH is 3. The van der Waals surface area contributed by atoms with Crippen molar-refractivity contribution in [2.24, 2.45) is 11.7 Å². The first-order valence-corrected chi connectivity index (χ1v) is 8.12. The van der Waals surface area contributed by atoms with Gasteiger partial charge in [0.15, 0.2) is 0 Å². The summed E-state index contributed by atoms with van der Waals surface area (Å²) < 4.78 is 16.4. The lowest BCUT2D eigenvalue weighted by Gasteiger charge is -2.40. The van der Waals surface area contributed by atoms with Gasteiger partial charge < -0.3 is 40.9 Å². The van der Waals surface area contributed by atoms with Crippen molar-refractivity contribution in [3.8, 4) is 0 Å². The number of rotatable bonds is 6. The summed E-state index contributed by atoms with van der Waals surface area (Å²) in [5.74, 6) is -2.29. The van der Waals surface area contributed by atoms with Gasteiger partial charge >= 0.3 is 7.60 Å². The molecule has 0 unspecified atom stereocenters. The number of carbonyl (C=O) groups is 1. The Morgan fingerprint density at radius 2 is 2.09 bits per heavy atom. The van der Waals surface area contributed by atoms with E-state index in [1.807, 2.05) is 0 Å². The molecule has 0 saturated heterocycles. The molecule has 11 nitrogen and oxygen atoms in total. The third-order valence-corrected chi connectivity index (χ3v) is 4.08. The first kappa shape index (κ1) is 19.6. The maximum atomic E-state index is 11.4. The van der Waals surface area contributed by atoms with Gasteiger partial charge in [-0.05, 0) is 6.08 Å². The van der Waals surface area contributed by atoms with E-state index >= 15 is 0 Å². The third kappa shape index (κ3) is 4.74. The molecule has 1 rings (SSSR count). The van der Waals surface area contributed by atoms with E-state index in [0.29, 0.717) is 0 Å². The van der Waals surface area contributed by atoms with Crippen LogP contribution in [0.15, 0.2) is 11.6 Å². The molecule has 0 radical (unpaired) electrons. The molecule has 132 valence electrons. The maximum Gasteiger partial charge on any atom is 0.390 e. The van der Waals surface area contributed by atoms with E-state index in [-0.39, 0.29) is 0 Å². The molecule has 0 fully saturated rings. The van der Waals surface area contributed by atoms with Gasteiger partial charge in [0.2, 0.25) is 11.4 Å². The molecule has 1 heterocycles. The lowest BCUT2D eigenvalue weighted by molar-refractivity contribution is -0.126. The molecule has 9 N–H and O–H groups in total. The van der Waals surface area contributed by atoms with E-state index in [9.17, 15) is 29.4 Å². The zero-order valence-corrected chi connectivity index (χ0v) is 13.1. The number of amides is 1. The minimum atomic E-state index is -4.88. The molecular weight excluding hydrogens is 333 g/mol. The van der Waals surface area contributed by atoms with Crippen LogP contribution in [0.3, 0.4) is 0 Å². The van der Waals surface area contributed by atoms with E-state index < -0.39 is 61.7 Å². The van der Waals surface area contributed by atoms with Crippen LogP contribution in [0.4, 0.5) is 0 Å². The van der Waals surface area contributed by atoms with Crippen LogP contribution in [0.25, 0.3) is 0 Å². The fourth-order valence-corrected chi connectivity index (χ4v) is 2.79. The van der Waals surface area contributed by atoms with Crippen LogP contribution in [-0.4, -0.2) is 67.8 Å². The van der Waals surface area contributed by atoms with Crippen molar-refractivity contribution in [3.63, 3.8) is 0 Å². The Balaban J connectivity index is 3.32. The van der Waals surface area contributed by atoms with Crippen molar-refractivity contribution < 1.29 is 39.2 Å². The van der Waals surface area contributed by atoms with Crippen molar-refractivity contribution >= 4 is 19.3 Å². The van der Waals surface area contributed by atoms with Crippen LogP contribution in [0.5, 0.6) is 0 Å². The lowest BCUT2D eigenvalue weighted by atomic mass is 9.87. The van der Waals surface area contributed by atoms with Crippen molar-refractivity contribution in [2.75, 3.05) is 6.61 Å². The summed E-state index contributed by atoms with van der Waals surface area (Å²) in [7, 11) is -4.88. The Bertz CT molecular complexity index is 547. The van der Waals surface area contributed by atoms with Gasteiger partial charge in [-0.15, -0.1) is 0 Å². The number of amidine groups is 1. The van der Waals surface area contributed by atoms with Crippen LogP contribution in [0.2, 0.25) is 0 Å². The highest BCUT2D eigenvalue weighted by atomic mass is 31.2. The number of hydrogen-bond donors (Lipinski definition) is 8. The molecule has 1 amide bonds. The molecule has 5 atom stereocenters. The Kier molecular flexibility index (Phi) is 6.28. The number of carbonyl (C=O) groups excluding carboxylic acids is 1. The smallest absolute Gasteiger partial charge is 0.390 e. The van der Waals surface area contributed by atoms with Crippen LogP contribution in [0.1, 0.15) is 6.92 Å². The van der Waals surface area contributed by atoms with Gasteiger partial charge in [-0.1, -0.05) is 0 Å². The first-order chi connectivity index (χ1) is 10.5. The fraction of sp³-hybridized carbons (Fsp3) is 0.636. The molecule has 0 aromatic heterocycles. The van der Waals surface area contributed by atoms with Crippen molar-refractivity contribution in [1.82, 2.24) is 5.32 Å². The summed E-state index contributed by atoms with van der Waals surface area (Å²) in [6.45, 7) is 0.291. The quantitative estimate of drug-likeness (QED) is 0.140. The SMILES string of the molecule is CC(=O)N[C@H]1[C@H]([C@H](O)[C@H](O)CO)OC(P(=O)(O)O)=C[C@@H]1C(=N)N. The second kappa shape index (κ2) is 7.39. The number of nitrogens with two attached hydrogens (primary N) is 1. The second-order valence-electron chi connectivity index (χ2n) is 5.08. The van der Waals surface area contributed by atoms with Gasteiger partial charge in [0.05, 0.1) is 24.4 Å². The average molecular weight is 353 g/mol. The van der Waals surface area contributed by atoms with Gasteiger partial charge in [0, 0.05) is 6.92 Å². The molecule has 1 aliphatic rings. The van der Waals surface area contributed by atoms with E-state index in [1.165, 1.54) is 0 Å². The summed E-state index contributed by atoms with van der Waals surface area (Å²) in [5, 5.41) is 38.4. The van der Waals surface area contributed by atoms with Crippen LogP contribution in [0, 0.1) is 11.3 Å². The van der Waals surface area contributed by atoms with Gasteiger partial charge in [0.25, 0.3) is 0 Å². The Labute approximate surface area is 131 Å². The Hall–Kier alpha value is -1.49. The predicted octanol–water partition coefficient (Wildman–Crippen LogP) is -2.82. The number of ether oxygens (including phenoxy) is 1. The maximum absolute atomic E-state index is 11.4. The molecule has 0 spiro atoms. The molecule has 0 aromatic carbocycles. The molecule has 0 aliphatic carbocycles. The summed E-state index contributed by atoms with van der Waals surface area (Å²) in [4.78, 5) is 29.8. The monoisotopic (exact) mass is 353 g/mol. The predicted molar refractivity (Wildman–Crippen MR) is 77.1 cm³/mol. The summed E-state index contributed by atoms with van der Waals surface area (Å²) in [6, 6.07) is -1.17.